The Morgan fingerprint density at radius 1 is 1.40 bits per heavy atom. The minimum atomic E-state index is 0.769. The van der Waals surface area contributed by atoms with Crippen LogP contribution >= 0.6 is 0 Å². The molecule has 2 heteroatoms. The fourth-order valence-electron chi connectivity index (χ4n) is 2.60. The van der Waals surface area contributed by atoms with Gasteiger partial charge in [-0.2, -0.15) is 0 Å². The zero-order valence-electron chi connectivity index (χ0n) is 9.29. The van der Waals surface area contributed by atoms with Gasteiger partial charge in [0.05, 0.1) is 0 Å². The third kappa shape index (κ3) is 1.44. The summed E-state index contributed by atoms with van der Waals surface area (Å²) in [6.45, 7) is 6.90. The number of hydrogen-bond acceptors (Lipinski definition) is 2. The molecule has 3 rings (SSSR count). The molecule has 2 nitrogen and oxygen atoms in total. The average molecular weight is 202 g/mol. The number of anilines is 1. The molecule has 0 bridgehead atoms. The highest BCUT2D eigenvalue weighted by Crippen LogP contribution is 2.31. The van der Waals surface area contributed by atoms with Crippen molar-refractivity contribution < 1.29 is 0 Å². The van der Waals surface area contributed by atoms with E-state index in [1.54, 1.807) is 5.56 Å². The van der Waals surface area contributed by atoms with Gasteiger partial charge >= 0.3 is 0 Å². The van der Waals surface area contributed by atoms with Crippen molar-refractivity contribution in [1.29, 1.82) is 0 Å². The summed E-state index contributed by atoms with van der Waals surface area (Å²) in [6, 6.07) is 7.06. The lowest BCUT2D eigenvalue weighted by molar-refractivity contribution is 0.448. The first-order valence-corrected chi connectivity index (χ1v) is 5.97. The number of nitrogens with zero attached hydrogens (tertiary/aromatic N) is 1. The summed E-state index contributed by atoms with van der Waals surface area (Å²) in [5.74, 6) is 0.769. The molecular weight excluding hydrogens is 184 g/mol. The number of nitrogens with one attached hydrogen (secondary N) is 1. The lowest BCUT2D eigenvalue weighted by Gasteiger charge is -2.28. The van der Waals surface area contributed by atoms with Crippen LogP contribution in [-0.2, 0) is 6.42 Å². The molecule has 2 aliphatic rings. The van der Waals surface area contributed by atoms with Crippen LogP contribution in [0.4, 0.5) is 5.69 Å². The molecule has 2 aliphatic heterocycles. The molecule has 0 spiro atoms. The number of likely N-dealkylation sites (N-methyl/N-ethyl adjacent to an activating group) is 1. The van der Waals surface area contributed by atoms with E-state index in [2.05, 4.69) is 35.3 Å². The summed E-state index contributed by atoms with van der Waals surface area (Å²) in [7, 11) is 0. The summed E-state index contributed by atoms with van der Waals surface area (Å²) >= 11 is 0. The second-order valence-electron chi connectivity index (χ2n) is 4.57. The number of benzene rings is 1. The van der Waals surface area contributed by atoms with Crippen molar-refractivity contribution in [2.24, 2.45) is 0 Å². The molecule has 15 heavy (non-hydrogen) atoms. The predicted molar refractivity (Wildman–Crippen MR) is 63.6 cm³/mol. The average Bonchev–Trinajstić information content (AvgIpc) is 2.57. The molecule has 1 aromatic rings. The van der Waals surface area contributed by atoms with Crippen LogP contribution in [0.15, 0.2) is 18.2 Å². The Balaban J connectivity index is 1.90. The van der Waals surface area contributed by atoms with Gasteiger partial charge < -0.3 is 10.2 Å². The van der Waals surface area contributed by atoms with Crippen LogP contribution in [0.1, 0.15) is 24.0 Å². The molecule has 0 aliphatic carbocycles. The van der Waals surface area contributed by atoms with Gasteiger partial charge in [0.15, 0.2) is 0 Å². The van der Waals surface area contributed by atoms with Gasteiger partial charge in [-0.05, 0) is 30.5 Å². The van der Waals surface area contributed by atoms with Crippen LogP contribution in [0.25, 0.3) is 0 Å². The van der Waals surface area contributed by atoms with E-state index in [4.69, 9.17) is 0 Å². The fourth-order valence-corrected chi connectivity index (χ4v) is 2.60. The van der Waals surface area contributed by atoms with E-state index in [1.165, 1.54) is 24.2 Å². The summed E-state index contributed by atoms with van der Waals surface area (Å²) in [4.78, 5) is 2.47. The van der Waals surface area contributed by atoms with Crippen LogP contribution in [-0.4, -0.2) is 26.2 Å². The first-order chi connectivity index (χ1) is 7.38. The van der Waals surface area contributed by atoms with Crippen molar-refractivity contribution in [1.82, 2.24) is 5.32 Å². The number of fused-ring (bicyclic) bond motifs is 1. The molecule has 0 atom stereocenters. The first-order valence-electron chi connectivity index (χ1n) is 5.97. The highest BCUT2D eigenvalue weighted by Gasteiger charge is 2.22. The molecule has 1 fully saturated rings. The van der Waals surface area contributed by atoms with Crippen LogP contribution in [0.3, 0.4) is 0 Å². The van der Waals surface area contributed by atoms with E-state index in [0.29, 0.717) is 0 Å². The zero-order chi connectivity index (χ0) is 10.3. The van der Waals surface area contributed by atoms with Gasteiger partial charge in [-0.1, -0.05) is 12.1 Å². The highest BCUT2D eigenvalue weighted by atomic mass is 15.1. The number of rotatable bonds is 2. The minimum absolute atomic E-state index is 0.769. The van der Waals surface area contributed by atoms with Crippen molar-refractivity contribution >= 4 is 5.69 Å². The maximum absolute atomic E-state index is 3.34. The molecule has 0 aromatic heterocycles. The fraction of sp³-hybridized carbons (Fsp3) is 0.538. The lowest BCUT2D eigenvalue weighted by atomic mass is 9.92. The molecule has 0 amide bonds. The minimum Gasteiger partial charge on any atom is -0.371 e. The van der Waals surface area contributed by atoms with Crippen molar-refractivity contribution in [3.8, 4) is 0 Å². The van der Waals surface area contributed by atoms with E-state index in [0.717, 1.165) is 25.6 Å². The monoisotopic (exact) mass is 202 g/mol. The second-order valence-corrected chi connectivity index (χ2v) is 4.57. The normalized spacial score (nSPS) is 20.2. The third-order valence-corrected chi connectivity index (χ3v) is 3.73. The molecule has 1 N–H and O–H groups in total. The molecule has 0 saturated carbocycles. The van der Waals surface area contributed by atoms with Crippen LogP contribution in [0.5, 0.6) is 0 Å². The Labute approximate surface area is 91.3 Å². The topological polar surface area (TPSA) is 15.3 Å². The first kappa shape index (κ1) is 9.22. The van der Waals surface area contributed by atoms with Gasteiger partial charge in [0, 0.05) is 37.8 Å². The Bertz CT molecular complexity index is 369. The van der Waals surface area contributed by atoms with Crippen LogP contribution in [0, 0.1) is 0 Å². The summed E-state index contributed by atoms with van der Waals surface area (Å²) in [5, 5.41) is 3.34. The van der Waals surface area contributed by atoms with Gasteiger partial charge in [0.1, 0.15) is 0 Å². The van der Waals surface area contributed by atoms with Crippen molar-refractivity contribution in [2.45, 2.75) is 19.3 Å². The van der Waals surface area contributed by atoms with E-state index >= 15 is 0 Å². The van der Waals surface area contributed by atoms with Crippen LogP contribution < -0.4 is 10.2 Å². The largest absolute Gasteiger partial charge is 0.371 e. The van der Waals surface area contributed by atoms with Gasteiger partial charge in [0.2, 0.25) is 0 Å². The second kappa shape index (κ2) is 3.53. The molecule has 1 aromatic carbocycles. The smallest absolute Gasteiger partial charge is 0.0399 e. The summed E-state index contributed by atoms with van der Waals surface area (Å²) < 4.78 is 0. The van der Waals surface area contributed by atoms with E-state index in [-0.39, 0.29) is 0 Å². The van der Waals surface area contributed by atoms with Crippen molar-refractivity contribution in [2.75, 3.05) is 31.1 Å². The van der Waals surface area contributed by atoms with Gasteiger partial charge in [-0.3, -0.25) is 0 Å². The molecule has 0 unspecified atom stereocenters. The van der Waals surface area contributed by atoms with Gasteiger partial charge in [-0.15, -0.1) is 0 Å². The van der Waals surface area contributed by atoms with Crippen LogP contribution in [0.2, 0.25) is 0 Å². The maximum Gasteiger partial charge on any atom is 0.0399 e. The Hall–Kier alpha value is -1.02. The van der Waals surface area contributed by atoms with Crippen molar-refractivity contribution in [3.05, 3.63) is 29.3 Å². The van der Waals surface area contributed by atoms with E-state index in [9.17, 15) is 0 Å². The summed E-state index contributed by atoms with van der Waals surface area (Å²) in [6.07, 6.45) is 1.23. The number of hydrogen-bond donors (Lipinski definition) is 1. The quantitative estimate of drug-likeness (QED) is 0.786. The SMILES string of the molecule is CCN1CCc2cc(C3CNC3)ccc21. The molecule has 1 saturated heterocycles. The molecule has 80 valence electrons. The zero-order valence-corrected chi connectivity index (χ0v) is 9.29. The highest BCUT2D eigenvalue weighted by molar-refractivity contribution is 5.59. The van der Waals surface area contributed by atoms with Gasteiger partial charge in [0.25, 0.3) is 0 Å². The Morgan fingerprint density at radius 3 is 2.93 bits per heavy atom. The lowest BCUT2D eigenvalue weighted by Crippen LogP contribution is -2.39. The van der Waals surface area contributed by atoms with Crippen molar-refractivity contribution in [3.63, 3.8) is 0 Å². The molecule has 0 radical (unpaired) electrons. The molecule has 2 heterocycles. The Morgan fingerprint density at radius 2 is 2.27 bits per heavy atom. The third-order valence-electron chi connectivity index (χ3n) is 3.73. The van der Waals surface area contributed by atoms with E-state index < -0.39 is 0 Å². The van der Waals surface area contributed by atoms with E-state index in [1.807, 2.05) is 0 Å². The van der Waals surface area contributed by atoms with Gasteiger partial charge in [-0.25, -0.2) is 0 Å². The Kier molecular flexibility index (Phi) is 2.17. The predicted octanol–water partition coefficient (Wildman–Crippen LogP) is 1.76. The maximum atomic E-state index is 3.34. The molecular formula is C13H18N2. The standard InChI is InChI=1S/C13H18N2/c1-2-15-6-5-11-7-10(3-4-13(11)15)12-8-14-9-12/h3-4,7,12,14H,2,5-6,8-9H2,1H3. The summed E-state index contributed by atoms with van der Waals surface area (Å²) in [5.41, 5.74) is 4.56.